The fourth-order valence-electron chi connectivity index (χ4n) is 0.663. The van der Waals surface area contributed by atoms with Crippen LogP contribution in [0.5, 0.6) is 0 Å². The number of alkyl halides is 1. The second kappa shape index (κ2) is 2.87. The van der Waals surface area contributed by atoms with Crippen molar-refractivity contribution >= 4 is 11.3 Å². The van der Waals surface area contributed by atoms with Gasteiger partial charge in [-0.05, 0) is 13.8 Å². The number of nitrogens with zero attached hydrogens (tertiary/aromatic N) is 1. The van der Waals surface area contributed by atoms with E-state index in [0.29, 0.717) is 5.01 Å². The number of aliphatic hydroxyl groups is 1. The summed E-state index contributed by atoms with van der Waals surface area (Å²) in [7, 11) is 0. The maximum absolute atomic E-state index is 13.1. The van der Waals surface area contributed by atoms with Crippen molar-refractivity contribution in [1.82, 2.24) is 4.98 Å². The zero-order valence-electron chi connectivity index (χ0n) is 6.41. The minimum absolute atomic E-state index is 0.428. The number of hydrogen-bond acceptors (Lipinski definition) is 3. The first-order chi connectivity index (χ1) is 5.02. The second-order valence-electron chi connectivity index (χ2n) is 2.84. The van der Waals surface area contributed by atoms with E-state index in [1.165, 1.54) is 25.2 Å². The maximum atomic E-state index is 13.1. The highest BCUT2D eigenvalue weighted by molar-refractivity contribution is 7.09. The number of aliphatic hydroxyl groups excluding tert-OH is 1. The molecule has 0 spiro atoms. The largest absolute Gasteiger partial charge is 0.383 e. The molecular weight excluding hydrogens is 165 g/mol. The molecule has 0 saturated heterocycles. The van der Waals surface area contributed by atoms with Gasteiger partial charge in [-0.15, -0.1) is 11.3 Å². The van der Waals surface area contributed by atoms with Crippen LogP contribution in [0, 0.1) is 0 Å². The van der Waals surface area contributed by atoms with Crippen LogP contribution in [-0.2, 0) is 0 Å². The molecule has 0 amide bonds. The van der Waals surface area contributed by atoms with Crippen molar-refractivity contribution < 1.29 is 9.50 Å². The van der Waals surface area contributed by atoms with Gasteiger partial charge < -0.3 is 5.11 Å². The van der Waals surface area contributed by atoms with Crippen LogP contribution in [0.4, 0.5) is 4.39 Å². The average Bonchev–Trinajstić information content (AvgIpc) is 2.34. The zero-order valence-corrected chi connectivity index (χ0v) is 7.23. The summed E-state index contributed by atoms with van der Waals surface area (Å²) < 4.78 is 13.1. The highest BCUT2D eigenvalue weighted by Gasteiger charge is 2.30. The lowest BCUT2D eigenvalue weighted by Crippen LogP contribution is -2.23. The molecule has 4 heteroatoms. The fraction of sp³-hybridized carbons (Fsp3) is 0.571. The Balaban J connectivity index is 2.78. The van der Waals surface area contributed by atoms with Crippen LogP contribution in [0.1, 0.15) is 25.0 Å². The number of rotatable bonds is 2. The van der Waals surface area contributed by atoms with E-state index in [4.69, 9.17) is 0 Å². The van der Waals surface area contributed by atoms with Gasteiger partial charge in [0.05, 0.1) is 0 Å². The lowest BCUT2D eigenvalue weighted by Gasteiger charge is -2.19. The molecular formula is C7H10FNOS. The molecule has 0 aliphatic heterocycles. The molecule has 1 aromatic rings. The van der Waals surface area contributed by atoms with Gasteiger partial charge in [0.2, 0.25) is 0 Å². The minimum atomic E-state index is -1.61. The van der Waals surface area contributed by atoms with E-state index in [1.54, 1.807) is 11.6 Å². The Morgan fingerprint density at radius 1 is 1.73 bits per heavy atom. The molecule has 0 radical (unpaired) electrons. The van der Waals surface area contributed by atoms with E-state index >= 15 is 0 Å². The third-order valence-electron chi connectivity index (χ3n) is 1.34. The van der Waals surface area contributed by atoms with Crippen LogP contribution < -0.4 is 0 Å². The van der Waals surface area contributed by atoms with Crippen molar-refractivity contribution in [3.8, 4) is 0 Å². The normalized spacial score (nSPS) is 14.9. The van der Waals surface area contributed by atoms with Crippen LogP contribution in [0.3, 0.4) is 0 Å². The molecule has 0 saturated carbocycles. The van der Waals surface area contributed by atoms with E-state index < -0.39 is 11.8 Å². The first kappa shape index (κ1) is 8.62. The highest BCUT2D eigenvalue weighted by Crippen LogP contribution is 2.29. The fourth-order valence-corrected chi connectivity index (χ4v) is 1.46. The monoisotopic (exact) mass is 175 g/mol. The van der Waals surface area contributed by atoms with Crippen LogP contribution in [0.15, 0.2) is 11.6 Å². The quantitative estimate of drug-likeness (QED) is 0.745. The first-order valence-electron chi connectivity index (χ1n) is 3.28. The van der Waals surface area contributed by atoms with Crippen molar-refractivity contribution in [2.24, 2.45) is 0 Å². The SMILES string of the molecule is CC(C)(F)C(O)c1nccs1. The summed E-state index contributed by atoms with van der Waals surface area (Å²) in [6.07, 6.45) is 0.442. The van der Waals surface area contributed by atoms with Gasteiger partial charge in [0.25, 0.3) is 0 Å². The molecule has 1 heterocycles. The van der Waals surface area contributed by atoms with Gasteiger partial charge in [0, 0.05) is 11.6 Å². The number of aromatic nitrogens is 1. The predicted octanol–water partition coefficient (Wildman–Crippen LogP) is 1.92. The summed E-state index contributed by atoms with van der Waals surface area (Å²) in [6.45, 7) is 2.66. The molecule has 1 atom stereocenters. The number of hydrogen-bond donors (Lipinski definition) is 1. The molecule has 0 bridgehead atoms. The van der Waals surface area contributed by atoms with Gasteiger partial charge in [-0.2, -0.15) is 0 Å². The molecule has 11 heavy (non-hydrogen) atoms. The van der Waals surface area contributed by atoms with Crippen LogP contribution in [0.2, 0.25) is 0 Å². The van der Waals surface area contributed by atoms with E-state index in [9.17, 15) is 9.50 Å². The van der Waals surface area contributed by atoms with Crippen molar-refractivity contribution in [2.45, 2.75) is 25.6 Å². The summed E-state index contributed by atoms with van der Waals surface area (Å²) in [6, 6.07) is 0. The zero-order chi connectivity index (χ0) is 8.48. The number of halogens is 1. The van der Waals surface area contributed by atoms with Gasteiger partial charge in [-0.25, -0.2) is 9.37 Å². The van der Waals surface area contributed by atoms with Crippen LogP contribution in [0.25, 0.3) is 0 Å². The standard InChI is InChI=1S/C7H10FNOS/c1-7(2,8)5(10)6-9-3-4-11-6/h3-5,10H,1-2H3. The molecule has 1 rings (SSSR count). The summed E-state index contributed by atoms with van der Waals surface area (Å²) >= 11 is 1.26. The predicted molar refractivity (Wildman–Crippen MR) is 42.3 cm³/mol. The molecule has 0 fully saturated rings. The van der Waals surface area contributed by atoms with Gasteiger partial charge in [0.15, 0.2) is 0 Å². The summed E-state index contributed by atoms with van der Waals surface area (Å²) in [4.78, 5) is 3.81. The molecule has 0 aromatic carbocycles. The van der Waals surface area contributed by atoms with Gasteiger partial charge >= 0.3 is 0 Å². The summed E-state index contributed by atoms with van der Waals surface area (Å²) in [5.41, 5.74) is -1.61. The average molecular weight is 175 g/mol. The Hall–Kier alpha value is -0.480. The van der Waals surface area contributed by atoms with E-state index in [0.717, 1.165) is 0 Å². The lowest BCUT2D eigenvalue weighted by atomic mass is 10.1. The van der Waals surface area contributed by atoms with E-state index in [2.05, 4.69) is 4.98 Å². The molecule has 0 aliphatic carbocycles. The molecule has 0 aliphatic rings. The van der Waals surface area contributed by atoms with Crippen molar-refractivity contribution in [2.75, 3.05) is 0 Å². The van der Waals surface area contributed by atoms with Gasteiger partial charge in [-0.3, -0.25) is 0 Å². The summed E-state index contributed by atoms with van der Waals surface area (Å²) in [5.74, 6) is 0. The van der Waals surface area contributed by atoms with E-state index in [-0.39, 0.29) is 0 Å². The van der Waals surface area contributed by atoms with Crippen LogP contribution >= 0.6 is 11.3 Å². The Labute approximate surface area is 68.7 Å². The van der Waals surface area contributed by atoms with Gasteiger partial charge in [0.1, 0.15) is 16.8 Å². The Kier molecular flexibility index (Phi) is 2.25. The Bertz CT molecular complexity index is 217. The van der Waals surface area contributed by atoms with E-state index in [1.807, 2.05) is 0 Å². The first-order valence-corrected chi connectivity index (χ1v) is 4.16. The number of thiazole rings is 1. The maximum Gasteiger partial charge on any atom is 0.139 e. The van der Waals surface area contributed by atoms with Gasteiger partial charge in [-0.1, -0.05) is 0 Å². The topological polar surface area (TPSA) is 33.1 Å². The van der Waals surface area contributed by atoms with Crippen molar-refractivity contribution in [3.05, 3.63) is 16.6 Å². The summed E-state index contributed by atoms with van der Waals surface area (Å²) in [5, 5.41) is 11.5. The minimum Gasteiger partial charge on any atom is -0.383 e. The van der Waals surface area contributed by atoms with Crippen molar-refractivity contribution in [3.63, 3.8) is 0 Å². The third kappa shape index (κ3) is 1.97. The third-order valence-corrected chi connectivity index (χ3v) is 2.16. The molecule has 62 valence electrons. The highest BCUT2D eigenvalue weighted by atomic mass is 32.1. The molecule has 2 nitrogen and oxygen atoms in total. The lowest BCUT2D eigenvalue weighted by molar-refractivity contribution is 0.0160. The smallest absolute Gasteiger partial charge is 0.139 e. The molecule has 1 unspecified atom stereocenters. The molecule has 1 N–H and O–H groups in total. The molecule has 1 aromatic heterocycles. The Morgan fingerprint density at radius 2 is 2.36 bits per heavy atom. The Morgan fingerprint density at radius 3 is 2.73 bits per heavy atom. The van der Waals surface area contributed by atoms with Crippen LogP contribution in [-0.4, -0.2) is 15.8 Å². The van der Waals surface area contributed by atoms with Crippen molar-refractivity contribution in [1.29, 1.82) is 0 Å². The second-order valence-corrected chi connectivity index (χ2v) is 3.76.